The molecule has 3 rings (SSSR count). The van der Waals surface area contributed by atoms with Crippen LogP contribution < -0.4 is 5.32 Å². The fourth-order valence-corrected chi connectivity index (χ4v) is 3.23. The predicted molar refractivity (Wildman–Crippen MR) is 83.2 cm³/mol. The van der Waals surface area contributed by atoms with E-state index in [1.54, 1.807) is 0 Å². The average Bonchev–Trinajstić information content (AvgIpc) is 3.06. The first-order valence-corrected chi connectivity index (χ1v) is 7.22. The lowest BCUT2D eigenvalue weighted by molar-refractivity contribution is 0.265. The molecule has 2 N–H and O–H groups in total. The van der Waals surface area contributed by atoms with Crippen molar-refractivity contribution in [3.05, 3.63) is 54.1 Å². The molecule has 0 amide bonds. The minimum absolute atomic E-state index is 0.0738. The number of aromatic amines is 1. The van der Waals surface area contributed by atoms with Gasteiger partial charge >= 0.3 is 0 Å². The summed E-state index contributed by atoms with van der Waals surface area (Å²) in [5.74, 6) is 0. The number of rotatable bonds is 3. The number of thiocarbonyl (C=S) groups is 1. The van der Waals surface area contributed by atoms with Crippen LogP contribution in [0.3, 0.4) is 0 Å². The summed E-state index contributed by atoms with van der Waals surface area (Å²) in [7, 11) is 0. The van der Waals surface area contributed by atoms with Crippen molar-refractivity contribution in [2.45, 2.75) is 32.0 Å². The number of aromatic nitrogens is 2. The summed E-state index contributed by atoms with van der Waals surface area (Å²) in [6, 6.07) is 10.7. The van der Waals surface area contributed by atoms with Crippen LogP contribution in [0, 0.1) is 0 Å². The van der Waals surface area contributed by atoms with Gasteiger partial charge in [-0.15, -0.1) is 0 Å². The van der Waals surface area contributed by atoms with Crippen molar-refractivity contribution in [3.8, 4) is 0 Å². The Morgan fingerprint density at radius 2 is 2.10 bits per heavy atom. The number of pyridine rings is 1. The number of hydrogen-bond donors (Lipinski definition) is 2. The summed E-state index contributed by atoms with van der Waals surface area (Å²) in [5.41, 5.74) is 2.17. The zero-order chi connectivity index (χ0) is 14.1. The highest BCUT2D eigenvalue weighted by Gasteiger charge is 2.41. The van der Waals surface area contributed by atoms with Crippen LogP contribution in [-0.2, 0) is 0 Å². The summed E-state index contributed by atoms with van der Waals surface area (Å²) in [6.07, 6.45) is 3.77. The standard InChI is InChI=1S/C15H18N4S/c1-10(2)19-14(12-7-5-9-17-12)13(18-15(19)20)11-6-3-4-8-16-11/h3-10,13-14,17H,1-2H3,(H,18,20)/t13-,14+/m1/s1. The molecule has 0 unspecified atom stereocenters. The quantitative estimate of drug-likeness (QED) is 0.852. The number of nitrogens with zero attached hydrogens (tertiary/aromatic N) is 2. The van der Waals surface area contributed by atoms with E-state index in [0.29, 0.717) is 6.04 Å². The second-order valence-electron chi connectivity index (χ2n) is 5.25. The molecule has 3 heterocycles. The number of H-pyrrole nitrogens is 1. The third-order valence-electron chi connectivity index (χ3n) is 3.63. The fourth-order valence-electron chi connectivity index (χ4n) is 2.78. The van der Waals surface area contributed by atoms with Gasteiger partial charge in [0.15, 0.2) is 5.11 Å². The fraction of sp³-hybridized carbons (Fsp3) is 0.333. The normalized spacial score (nSPS) is 22.4. The molecule has 0 aromatic carbocycles. The van der Waals surface area contributed by atoms with Gasteiger partial charge in [-0.2, -0.15) is 0 Å². The van der Waals surface area contributed by atoms with Crippen molar-refractivity contribution in [3.63, 3.8) is 0 Å². The van der Waals surface area contributed by atoms with E-state index in [0.717, 1.165) is 16.5 Å². The van der Waals surface area contributed by atoms with E-state index < -0.39 is 0 Å². The van der Waals surface area contributed by atoms with Crippen LogP contribution in [0.2, 0.25) is 0 Å². The molecule has 1 aliphatic rings. The monoisotopic (exact) mass is 286 g/mol. The lowest BCUT2D eigenvalue weighted by Crippen LogP contribution is -2.35. The molecule has 0 aliphatic carbocycles. The maximum absolute atomic E-state index is 5.52. The van der Waals surface area contributed by atoms with Gasteiger partial charge in [0.2, 0.25) is 0 Å². The molecule has 2 aromatic rings. The number of hydrogen-bond acceptors (Lipinski definition) is 2. The zero-order valence-corrected chi connectivity index (χ0v) is 12.4. The summed E-state index contributed by atoms with van der Waals surface area (Å²) >= 11 is 5.52. The van der Waals surface area contributed by atoms with E-state index in [4.69, 9.17) is 12.2 Å². The first kappa shape index (κ1) is 13.1. The van der Waals surface area contributed by atoms with Gasteiger partial charge in [-0.3, -0.25) is 4.98 Å². The van der Waals surface area contributed by atoms with Gasteiger partial charge in [-0.1, -0.05) is 6.07 Å². The van der Waals surface area contributed by atoms with Crippen LogP contribution in [-0.4, -0.2) is 26.0 Å². The lowest BCUT2D eigenvalue weighted by atomic mass is 10.0. The van der Waals surface area contributed by atoms with E-state index in [1.165, 1.54) is 0 Å². The Morgan fingerprint density at radius 1 is 1.25 bits per heavy atom. The van der Waals surface area contributed by atoms with Crippen molar-refractivity contribution >= 4 is 17.3 Å². The molecule has 4 nitrogen and oxygen atoms in total. The topological polar surface area (TPSA) is 44.0 Å². The molecule has 0 bridgehead atoms. The zero-order valence-electron chi connectivity index (χ0n) is 11.6. The van der Waals surface area contributed by atoms with E-state index in [2.05, 4.69) is 40.1 Å². The van der Waals surface area contributed by atoms with Crippen molar-refractivity contribution in [2.75, 3.05) is 0 Å². The van der Waals surface area contributed by atoms with Crippen LogP contribution in [0.5, 0.6) is 0 Å². The Balaban J connectivity index is 2.03. The molecule has 5 heteroatoms. The molecule has 20 heavy (non-hydrogen) atoms. The van der Waals surface area contributed by atoms with E-state index in [1.807, 2.05) is 36.7 Å². The molecule has 0 saturated carbocycles. The summed E-state index contributed by atoms with van der Waals surface area (Å²) in [5, 5.41) is 4.20. The predicted octanol–water partition coefficient (Wildman–Crippen LogP) is 2.79. The van der Waals surface area contributed by atoms with Gasteiger partial charge in [0.05, 0.1) is 17.8 Å². The third-order valence-corrected chi connectivity index (χ3v) is 3.96. The van der Waals surface area contributed by atoms with Crippen LogP contribution in [0.15, 0.2) is 42.7 Å². The Kier molecular flexibility index (Phi) is 3.44. The third kappa shape index (κ3) is 2.18. The summed E-state index contributed by atoms with van der Waals surface area (Å²) in [6.45, 7) is 4.31. The minimum atomic E-state index is 0.0738. The van der Waals surface area contributed by atoms with Crippen molar-refractivity contribution in [1.29, 1.82) is 0 Å². The highest BCUT2D eigenvalue weighted by atomic mass is 32.1. The Bertz CT molecular complexity index is 579. The van der Waals surface area contributed by atoms with Gasteiger partial charge in [-0.05, 0) is 50.3 Å². The van der Waals surface area contributed by atoms with E-state index in [-0.39, 0.29) is 12.1 Å². The van der Waals surface area contributed by atoms with Crippen LogP contribution in [0.25, 0.3) is 0 Å². The first-order chi connectivity index (χ1) is 9.68. The Labute approximate surface area is 124 Å². The maximum Gasteiger partial charge on any atom is 0.170 e. The molecule has 104 valence electrons. The van der Waals surface area contributed by atoms with Crippen LogP contribution in [0.4, 0.5) is 0 Å². The Morgan fingerprint density at radius 3 is 2.70 bits per heavy atom. The van der Waals surface area contributed by atoms with Gasteiger partial charge < -0.3 is 15.2 Å². The summed E-state index contributed by atoms with van der Waals surface area (Å²) < 4.78 is 0. The molecule has 1 aliphatic heterocycles. The molecular weight excluding hydrogens is 268 g/mol. The highest BCUT2D eigenvalue weighted by molar-refractivity contribution is 7.80. The average molecular weight is 286 g/mol. The van der Waals surface area contributed by atoms with Crippen molar-refractivity contribution in [1.82, 2.24) is 20.2 Å². The van der Waals surface area contributed by atoms with Gasteiger partial charge in [0.25, 0.3) is 0 Å². The minimum Gasteiger partial charge on any atom is -0.363 e. The second kappa shape index (κ2) is 5.25. The summed E-state index contributed by atoms with van der Waals surface area (Å²) in [4.78, 5) is 10.0. The molecule has 0 spiro atoms. The molecule has 2 aromatic heterocycles. The highest BCUT2D eigenvalue weighted by Crippen LogP contribution is 2.38. The molecular formula is C15H18N4S. The van der Waals surface area contributed by atoms with Crippen LogP contribution in [0.1, 0.15) is 37.3 Å². The van der Waals surface area contributed by atoms with Crippen molar-refractivity contribution < 1.29 is 0 Å². The Hall–Kier alpha value is -1.88. The smallest absolute Gasteiger partial charge is 0.170 e. The van der Waals surface area contributed by atoms with Gasteiger partial charge in [0.1, 0.15) is 0 Å². The molecule has 0 radical (unpaired) electrons. The van der Waals surface area contributed by atoms with E-state index >= 15 is 0 Å². The second-order valence-corrected chi connectivity index (χ2v) is 5.64. The SMILES string of the molecule is CC(C)N1C(=S)N[C@H](c2ccccn2)[C@@H]1c1ccc[nH]1. The maximum atomic E-state index is 5.52. The largest absolute Gasteiger partial charge is 0.363 e. The molecule has 1 fully saturated rings. The van der Waals surface area contributed by atoms with Crippen molar-refractivity contribution in [2.24, 2.45) is 0 Å². The van der Waals surface area contributed by atoms with Crippen LogP contribution >= 0.6 is 12.2 Å². The number of nitrogens with one attached hydrogen (secondary N) is 2. The van der Waals surface area contributed by atoms with E-state index in [9.17, 15) is 0 Å². The van der Waals surface area contributed by atoms with Gasteiger partial charge in [0, 0.05) is 24.1 Å². The lowest BCUT2D eigenvalue weighted by Gasteiger charge is -2.30. The molecule has 1 saturated heterocycles. The van der Waals surface area contributed by atoms with Gasteiger partial charge in [-0.25, -0.2) is 0 Å². The molecule has 2 atom stereocenters. The first-order valence-electron chi connectivity index (χ1n) is 6.81.